The number of nitrogens with zero attached hydrogens (tertiary/aromatic N) is 2. The fraction of sp³-hybridized carbons (Fsp3) is 0.643. The van der Waals surface area contributed by atoms with Gasteiger partial charge in [0.1, 0.15) is 5.82 Å². The first-order chi connectivity index (χ1) is 9.19. The highest BCUT2D eigenvalue weighted by Crippen LogP contribution is 2.22. The lowest BCUT2D eigenvalue weighted by Gasteiger charge is -2.30. The highest BCUT2D eigenvalue weighted by Gasteiger charge is 2.17. The molecule has 1 fully saturated rings. The molecule has 1 atom stereocenters. The summed E-state index contributed by atoms with van der Waals surface area (Å²) in [6.07, 6.45) is 3.36. The van der Waals surface area contributed by atoms with Crippen LogP contribution in [0.25, 0.3) is 0 Å². The Hall–Kier alpha value is -1.49. The van der Waals surface area contributed by atoms with Gasteiger partial charge in [0.2, 0.25) is 5.88 Å². The van der Waals surface area contributed by atoms with Gasteiger partial charge >= 0.3 is 0 Å². The lowest BCUT2D eigenvalue weighted by molar-refractivity contribution is 0.260. The van der Waals surface area contributed by atoms with Crippen molar-refractivity contribution in [3.63, 3.8) is 0 Å². The molecule has 5 heteroatoms. The van der Waals surface area contributed by atoms with Gasteiger partial charge in [-0.25, -0.2) is 0 Å². The van der Waals surface area contributed by atoms with Crippen LogP contribution in [0.3, 0.4) is 0 Å². The van der Waals surface area contributed by atoms with Crippen molar-refractivity contribution in [2.45, 2.75) is 32.2 Å². The van der Waals surface area contributed by atoms with Gasteiger partial charge in [0, 0.05) is 12.6 Å². The first-order valence-corrected chi connectivity index (χ1v) is 7.03. The molecule has 0 amide bonds. The minimum atomic E-state index is 0.453. The highest BCUT2D eigenvalue weighted by atomic mass is 16.5. The number of pyridine rings is 1. The van der Waals surface area contributed by atoms with E-state index in [4.69, 9.17) is 10.5 Å². The topological polar surface area (TPSA) is 63.4 Å². The number of hydrogen-bond donors (Lipinski definition) is 2. The summed E-state index contributed by atoms with van der Waals surface area (Å²) in [5, 5.41) is 3.47. The molecule has 1 aliphatic rings. The number of nitrogen functional groups attached to an aromatic ring is 1. The van der Waals surface area contributed by atoms with Crippen LogP contribution in [0.5, 0.6) is 5.88 Å². The molecular formula is C14H24N4O. The number of piperidine rings is 1. The quantitative estimate of drug-likeness (QED) is 0.851. The molecule has 0 bridgehead atoms. The monoisotopic (exact) mass is 264 g/mol. The third kappa shape index (κ3) is 3.99. The van der Waals surface area contributed by atoms with Crippen LogP contribution in [0, 0.1) is 0 Å². The molecule has 3 N–H and O–H groups in total. The largest absolute Gasteiger partial charge is 0.476 e. The Morgan fingerprint density at radius 1 is 1.53 bits per heavy atom. The summed E-state index contributed by atoms with van der Waals surface area (Å²) >= 11 is 0. The fourth-order valence-corrected chi connectivity index (χ4v) is 2.34. The van der Waals surface area contributed by atoms with Crippen molar-refractivity contribution < 1.29 is 4.74 Å². The number of likely N-dealkylation sites (N-methyl/N-ethyl adjacent to an activating group) is 1. The van der Waals surface area contributed by atoms with Crippen LogP contribution in [0.4, 0.5) is 11.5 Å². The Morgan fingerprint density at radius 3 is 3.11 bits per heavy atom. The molecule has 0 aliphatic carbocycles. The Morgan fingerprint density at radius 2 is 2.37 bits per heavy atom. The van der Waals surface area contributed by atoms with E-state index in [9.17, 15) is 0 Å². The van der Waals surface area contributed by atoms with Crippen molar-refractivity contribution in [2.75, 3.05) is 37.8 Å². The van der Waals surface area contributed by atoms with E-state index in [2.05, 4.69) is 29.2 Å². The predicted molar refractivity (Wildman–Crippen MR) is 78.6 cm³/mol. The Balaban J connectivity index is 1.99. The number of ether oxygens (including phenoxy) is 1. The van der Waals surface area contributed by atoms with E-state index in [1.54, 1.807) is 0 Å². The molecule has 1 aromatic rings. The molecule has 19 heavy (non-hydrogen) atoms. The van der Waals surface area contributed by atoms with Crippen LogP contribution < -0.4 is 15.8 Å². The maximum atomic E-state index is 5.86. The van der Waals surface area contributed by atoms with E-state index in [1.807, 2.05) is 12.1 Å². The van der Waals surface area contributed by atoms with Crippen molar-refractivity contribution in [2.24, 2.45) is 0 Å². The van der Waals surface area contributed by atoms with Gasteiger partial charge in [-0.3, -0.25) is 0 Å². The minimum absolute atomic E-state index is 0.453. The zero-order valence-corrected chi connectivity index (χ0v) is 11.9. The van der Waals surface area contributed by atoms with E-state index in [-0.39, 0.29) is 0 Å². The first kappa shape index (κ1) is 13.9. The second-order valence-corrected chi connectivity index (χ2v) is 5.19. The second kappa shape index (κ2) is 6.61. The third-order valence-electron chi connectivity index (χ3n) is 3.31. The number of rotatable bonds is 5. The predicted octanol–water partition coefficient (Wildman–Crippen LogP) is 1.96. The molecule has 0 radical (unpaired) electrons. The van der Waals surface area contributed by atoms with Gasteiger partial charge in [-0.05, 0) is 45.0 Å². The van der Waals surface area contributed by atoms with Crippen LogP contribution >= 0.6 is 0 Å². The van der Waals surface area contributed by atoms with Gasteiger partial charge < -0.3 is 20.7 Å². The molecule has 0 saturated carbocycles. The molecule has 2 rings (SSSR count). The highest BCUT2D eigenvalue weighted by molar-refractivity contribution is 5.53. The number of aromatic nitrogens is 1. The van der Waals surface area contributed by atoms with Crippen molar-refractivity contribution in [1.29, 1.82) is 0 Å². The van der Waals surface area contributed by atoms with Gasteiger partial charge in [0.15, 0.2) is 0 Å². The van der Waals surface area contributed by atoms with Crippen molar-refractivity contribution in [3.05, 3.63) is 12.1 Å². The van der Waals surface area contributed by atoms with Crippen LogP contribution in [0.1, 0.15) is 26.2 Å². The smallest absolute Gasteiger partial charge is 0.239 e. The van der Waals surface area contributed by atoms with E-state index in [0.717, 1.165) is 18.8 Å². The maximum absolute atomic E-state index is 5.86. The van der Waals surface area contributed by atoms with Crippen LogP contribution in [0.15, 0.2) is 12.1 Å². The average molecular weight is 264 g/mol. The summed E-state index contributed by atoms with van der Waals surface area (Å²) in [5.74, 6) is 1.39. The lowest BCUT2D eigenvalue weighted by atomic mass is 10.1. The average Bonchev–Trinajstić information content (AvgIpc) is 2.39. The zero-order chi connectivity index (χ0) is 13.7. The molecule has 106 valence electrons. The molecule has 1 saturated heterocycles. The number of hydrogen-bond acceptors (Lipinski definition) is 5. The molecule has 1 aliphatic heterocycles. The minimum Gasteiger partial charge on any atom is -0.476 e. The fourth-order valence-electron chi connectivity index (χ4n) is 2.34. The first-order valence-electron chi connectivity index (χ1n) is 7.03. The summed E-state index contributed by atoms with van der Waals surface area (Å²) in [4.78, 5) is 6.79. The van der Waals surface area contributed by atoms with E-state index in [0.29, 0.717) is 24.2 Å². The van der Waals surface area contributed by atoms with Gasteiger partial charge in [0.25, 0.3) is 0 Å². The Bertz CT molecular complexity index is 410. The molecule has 1 aromatic heterocycles. The molecule has 0 aromatic carbocycles. The van der Waals surface area contributed by atoms with Crippen molar-refractivity contribution in [3.8, 4) is 5.88 Å². The summed E-state index contributed by atoms with van der Waals surface area (Å²) in [6.45, 7) is 4.94. The number of likely N-dealkylation sites (tertiary alicyclic amines) is 1. The molecule has 5 nitrogen and oxygen atoms in total. The molecule has 1 unspecified atom stereocenters. The zero-order valence-electron chi connectivity index (χ0n) is 11.9. The van der Waals surface area contributed by atoms with Gasteiger partial charge in [-0.15, -0.1) is 0 Å². The van der Waals surface area contributed by atoms with Crippen molar-refractivity contribution >= 4 is 11.5 Å². The number of nitrogens with one attached hydrogen (secondary N) is 1. The third-order valence-corrected chi connectivity index (χ3v) is 3.31. The van der Waals surface area contributed by atoms with E-state index < -0.39 is 0 Å². The van der Waals surface area contributed by atoms with E-state index >= 15 is 0 Å². The van der Waals surface area contributed by atoms with Gasteiger partial charge in [0.05, 0.1) is 12.3 Å². The van der Waals surface area contributed by atoms with Gasteiger partial charge in [-0.2, -0.15) is 4.98 Å². The second-order valence-electron chi connectivity index (χ2n) is 5.19. The summed E-state index contributed by atoms with van der Waals surface area (Å²) in [7, 11) is 2.15. The Kier molecular flexibility index (Phi) is 4.85. The number of anilines is 2. The van der Waals surface area contributed by atoms with Crippen molar-refractivity contribution in [1.82, 2.24) is 9.88 Å². The molecular weight excluding hydrogens is 240 g/mol. The van der Waals surface area contributed by atoms with Gasteiger partial charge in [-0.1, -0.05) is 6.92 Å². The number of nitrogens with two attached hydrogens (primary N) is 1. The SMILES string of the molecule is CCCOc1nc(NC2CCCN(C)C2)ccc1N. The molecule has 2 heterocycles. The summed E-state index contributed by atoms with van der Waals surface area (Å²) < 4.78 is 5.55. The van der Waals surface area contributed by atoms with Crippen LogP contribution in [0.2, 0.25) is 0 Å². The van der Waals surface area contributed by atoms with Crippen LogP contribution in [-0.4, -0.2) is 42.7 Å². The van der Waals surface area contributed by atoms with Crippen LogP contribution in [-0.2, 0) is 0 Å². The summed E-state index contributed by atoms with van der Waals surface area (Å²) in [5.41, 5.74) is 6.46. The summed E-state index contributed by atoms with van der Waals surface area (Å²) in [6, 6.07) is 4.23. The normalized spacial score (nSPS) is 20.2. The Labute approximate surface area is 115 Å². The lowest BCUT2D eigenvalue weighted by Crippen LogP contribution is -2.39. The van der Waals surface area contributed by atoms with E-state index in [1.165, 1.54) is 19.4 Å². The molecule has 0 spiro atoms. The standard InChI is InChI=1S/C14H24N4O/c1-3-9-19-14-12(15)6-7-13(17-14)16-11-5-4-8-18(2)10-11/h6-7,11H,3-5,8-10,15H2,1-2H3,(H,16,17). The maximum Gasteiger partial charge on any atom is 0.239 e.